The molecule has 1 fully saturated rings. The van der Waals surface area contributed by atoms with E-state index < -0.39 is 0 Å². The standard InChI is InChI=1S/C16H18ClN3O/c1-3-12-9-14(10-4-5-10)20(19-12)15-8-11(16(21)18-2)6-7-13(15)17/h6-10H,3-5H2,1-2H3,(H,18,21). The number of nitrogens with zero attached hydrogens (tertiary/aromatic N) is 2. The van der Waals surface area contributed by atoms with Crippen LogP contribution in [-0.2, 0) is 6.42 Å². The van der Waals surface area contributed by atoms with Gasteiger partial charge in [-0.3, -0.25) is 4.79 Å². The number of hydrogen-bond acceptors (Lipinski definition) is 2. The molecule has 1 saturated carbocycles. The largest absolute Gasteiger partial charge is 0.355 e. The molecule has 21 heavy (non-hydrogen) atoms. The summed E-state index contributed by atoms with van der Waals surface area (Å²) < 4.78 is 1.91. The Kier molecular flexibility index (Phi) is 3.72. The van der Waals surface area contributed by atoms with E-state index in [1.54, 1.807) is 25.2 Å². The van der Waals surface area contributed by atoms with Crippen LogP contribution in [0.15, 0.2) is 24.3 Å². The number of nitrogens with one attached hydrogen (secondary N) is 1. The molecule has 0 spiro atoms. The van der Waals surface area contributed by atoms with E-state index >= 15 is 0 Å². The van der Waals surface area contributed by atoms with Gasteiger partial charge in [-0.15, -0.1) is 0 Å². The summed E-state index contributed by atoms with van der Waals surface area (Å²) in [5, 5.41) is 7.89. The fourth-order valence-electron chi connectivity index (χ4n) is 2.44. The van der Waals surface area contributed by atoms with Crippen LogP contribution in [0.2, 0.25) is 5.02 Å². The maximum absolute atomic E-state index is 11.8. The Bertz CT molecular complexity index is 689. The van der Waals surface area contributed by atoms with Gasteiger partial charge in [0.05, 0.1) is 16.4 Å². The van der Waals surface area contributed by atoms with Crippen molar-refractivity contribution in [1.29, 1.82) is 0 Å². The summed E-state index contributed by atoms with van der Waals surface area (Å²) in [7, 11) is 1.62. The number of halogens is 1. The highest BCUT2D eigenvalue weighted by molar-refractivity contribution is 6.32. The molecule has 1 N–H and O–H groups in total. The van der Waals surface area contributed by atoms with E-state index in [0.29, 0.717) is 16.5 Å². The molecule has 3 rings (SSSR count). The summed E-state index contributed by atoms with van der Waals surface area (Å²) in [5.41, 5.74) is 3.62. The number of aryl methyl sites for hydroxylation is 1. The van der Waals surface area contributed by atoms with E-state index in [1.165, 1.54) is 18.5 Å². The monoisotopic (exact) mass is 303 g/mol. The molecular formula is C16H18ClN3O. The van der Waals surface area contributed by atoms with E-state index in [1.807, 2.05) is 4.68 Å². The van der Waals surface area contributed by atoms with Crippen LogP contribution in [0.25, 0.3) is 5.69 Å². The van der Waals surface area contributed by atoms with E-state index in [4.69, 9.17) is 11.6 Å². The minimum atomic E-state index is -0.122. The average Bonchev–Trinajstić information content (AvgIpc) is 3.26. The van der Waals surface area contributed by atoms with E-state index in [9.17, 15) is 4.79 Å². The van der Waals surface area contributed by atoms with Crippen LogP contribution in [0.4, 0.5) is 0 Å². The van der Waals surface area contributed by atoms with Crippen molar-refractivity contribution in [3.63, 3.8) is 0 Å². The van der Waals surface area contributed by atoms with Crippen LogP contribution in [0, 0.1) is 0 Å². The number of amides is 1. The second-order valence-corrected chi connectivity index (χ2v) is 5.75. The minimum Gasteiger partial charge on any atom is -0.355 e. The molecule has 1 aromatic heterocycles. The molecule has 1 aliphatic rings. The van der Waals surface area contributed by atoms with Gasteiger partial charge in [0.2, 0.25) is 0 Å². The van der Waals surface area contributed by atoms with Gasteiger partial charge >= 0.3 is 0 Å². The average molecular weight is 304 g/mol. The van der Waals surface area contributed by atoms with Crippen molar-refractivity contribution in [1.82, 2.24) is 15.1 Å². The number of hydrogen-bond donors (Lipinski definition) is 1. The SMILES string of the molecule is CCc1cc(C2CC2)n(-c2cc(C(=O)NC)ccc2Cl)n1. The molecule has 1 amide bonds. The molecule has 0 radical (unpaired) electrons. The third-order valence-corrected chi connectivity index (χ3v) is 4.13. The fraction of sp³-hybridized carbons (Fsp3) is 0.375. The van der Waals surface area contributed by atoms with Gasteiger partial charge in [0.25, 0.3) is 5.91 Å². The molecule has 1 aromatic carbocycles. The lowest BCUT2D eigenvalue weighted by atomic mass is 10.1. The lowest BCUT2D eigenvalue weighted by Gasteiger charge is -2.10. The van der Waals surface area contributed by atoms with Gasteiger partial charge in [-0.05, 0) is 43.5 Å². The van der Waals surface area contributed by atoms with Crippen molar-refractivity contribution >= 4 is 17.5 Å². The summed E-state index contributed by atoms with van der Waals surface area (Å²) in [6, 6.07) is 7.44. The third kappa shape index (κ3) is 2.68. The second-order valence-electron chi connectivity index (χ2n) is 5.35. The molecule has 110 valence electrons. The van der Waals surface area contributed by atoms with Crippen molar-refractivity contribution in [2.45, 2.75) is 32.1 Å². The predicted molar refractivity (Wildman–Crippen MR) is 83.3 cm³/mol. The Morgan fingerprint density at radius 2 is 2.19 bits per heavy atom. The maximum atomic E-state index is 11.8. The highest BCUT2D eigenvalue weighted by Gasteiger charge is 2.29. The summed E-state index contributed by atoms with van der Waals surface area (Å²) in [5.74, 6) is 0.446. The maximum Gasteiger partial charge on any atom is 0.251 e. The quantitative estimate of drug-likeness (QED) is 0.942. The smallest absolute Gasteiger partial charge is 0.251 e. The number of rotatable bonds is 4. The molecule has 2 aromatic rings. The Labute approximate surface area is 129 Å². The Morgan fingerprint density at radius 3 is 2.81 bits per heavy atom. The Balaban J connectivity index is 2.11. The number of carbonyl (C=O) groups is 1. The molecule has 0 unspecified atom stereocenters. The first-order valence-electron chi connectivity index (χ1n) is 7.25. The van der Waals surface area contributed by atoms with Gasteiger partial charge in [-0.1, -0.05) is 18.5 Å². The summed E-state index contributed by atoms with van der Waals surface area (Å²) in [4.78, 5) is 11.8. The number of carbonyl (C=O) groups excluding carboxylic acids is 1. The lowest BCUT2D eigenvalue weighted by Crippen LogP contribution is -2.18. The van der Waals surface area contributed by atoms with Gasteiger partial charge in [0.15, 0.2) is 0 Å². The van der Waals surface area contributed by atoms with Crippen LogP contribution in [0.1, 0.15) is 47.4 Å². The fourth-order valence-corrected chi connectivity index (χ4v) is 2.64. The summed E-state index contributed by atoms with van der Waals surface area (Å²) in [6.07, 6.45) is 3.28. The molecule has 0 aliphatic heterocycles. The van der Waals surface area contributed by atoms with Crippen molar-refractivity contribution in [3.8, 4) is 5.69 Å². The molecular weight excluding hydrogens is 286 g/mol. The normalized spacial score (nSPS) is 14.2. The van der Waals surface area contributed by atoms with Crippen LogP contribution in [0.5, 0.6) is 0 Å². The zero-order valence-electron chi connectivity index (χ0n) is 12.2. The zero-order valence-corrected chi connectivity index (χ0v) is 12.9. The van der Waals surface area contributed by atoms with Crippen molar-refractivity contribution in [2.75, 3.05) is 7.05 Å². The molecule has 0 atom stereocenters. The van der Waals surface area contributed by atoms with Crippen molar-refractivity contribution in [2.24, 2.45) is 0 Å². The second kappa shape index (κ2) is 5.53. The molecule has 1 aliphatic carbocycles. The van der Waals surface area contributed by atoms with E-state index in [0.717, 1.165) is 17.8 Å². The van der Waals surface area contributed by atoms with Crippen molar-refractivity contribution < 1.29 is 4.79 Å². The first-order valence-corrected chi connectivity index (χ1v) is 7.62. The molecule has 1 heterocycles. The van der Waals surface area contributed by atoms with Crippen LogP contribution in [-0.4, -0.2) is 22.7 Å². The van der Waals surface area contributed by atoms with E-state index in [2.05, 4.69) is 23.4 Å². The lowest BCUT2D eigenvalue weighted by molar-refractivity contribution is 0.0963. The topological polar surface area (TPSA) is 46.9 Å². The Hall–Kier alpha value is -1.81. The van der Waals surface area contributed by atoms with Gasteiger partial charge in [-0.2, -0.15) is 5.10 Å². The highest BCUT2D eigenvalue weighted by atomic mass is 35.5. The molecule has 0 saturated heterocycles. The van der Waals surface area contributed by atoms with Crippen molar-refractivity contribution in [3.05, 3.63) is 46.2 Å². The predicted octanol–water partition coefficient (Wildman–Crippen LogP) is 3.33. The molecule has 5 heteroatoms. The molecule has 0 bridgehead atoms. The summed E-state index contributed by atoms with van der Waals surface area (Å²) >= 11 is 6.34. The first-order chi connectivity index (χ1) is 10.1. The minimum absolute atomic E-state index is 0.122. The van der Waals surface area contributed by atoms with Gasteiger partial charge in [0, 0.05) is 24.2 Å². The third-order valence-electron chi connectivity index (χ3n) is 3.81. The molecule has 4 nitrogen and oxygen atoms in total. The van der Waals surface area contributed by atoms with Gasteiger partial charge < -0.3 is 5.32 Å². The Morgan fingerprint density at radius 1 is 1.43 bits per heavy atom. The van der Waals surface area contributed by atoms with E-state index in [-0.39, 0.29) is 5.91 Å². The summed E-state index contributed by atoms with van der Waals surface area (Å²) in [6.45, 7) is 2.09. The highest BCUT2D eigenvalue weighted by Crippen LogP contribution is 2.41. The van der Waals surface area contributed by atoms with Gasteiger partial charge in [-0.25, -0.2) is 4.68 Å². The number of benzene rings is 1. The van der Waals surface area contributed by atoms with Crippen LogP contribution >= 0.6 is 11.6 Å². The number of aromatic nitrogens is 2. The van der Waals surface area contributed by atoms with Crippen LogP contribution < -0.4 is 5.32 Å². The first kappa shape index (κ1) is 14.1. The van der Waals surface area contributed by atoms with Gasteiger partial charge in [0.1, 0.15) is 0 Å². The zero-order chi connectivity index (χ0) is 15.0. The van der Waals surface area contributed by atoms with Crippen LogP contribution in [0.3, 0.4) is 0 Å².